The average molecular weight is 188 g/mol. The lowest BCUT2D eigenvalue weighted by Gasteiger charge is -2.06. The molecule has 1 unspecified atom stereocenters. The van der Waals surface area contributed by atoms with Gasteiger partial charge in [-0.2, -0.15) is 0 Å². The first kappa shape index (κ1) is 11.1. The number of alkyl halides is 2. The van der Waals surface area contributed by atoms with E-state index in [0.717, 1.165) is 0 Å². The Morgan fingerprint density at radius 3 is 2.55 bits per heavy atom. The summed E-state index contributed by atoms with van der Waals surface area (Å²) in [4.78, 5) is 0. The maximum absolute atomic E-state index is 12.4. The monoisotopic (exact) mass is 187 g/mol. The third kappa shape index (κ3) is 3.31. The van der Waals surface area contributed by atoms with E-state index >= 15 is 0 Å². The predicted molar refractivity (Wildman–Crippen MR) is 40.3 cm³/mol. The molecule has 0 aromatic rings. The first-order chi connectivity index (χ1) is 4.64. The van der Waals surface area contributed by atoms with E-state index in [0.29, 0.717) is 6.42 Å². The number of rotatable bonds is 2. The van der Waals surface area contributed by atoms with Gasteiger partial charge in [-0.1, -0.05) is 0 Å². The van der Waals surface area contributed by atoms with Gasteiger partial charge in [0.1, 0.15) is 0 Å². The minimum atomic E-state index is -2.56. The molecular formula is C6H12ClF2NO. The summed E-state index contributed by atoms with van der Waals surface area (Å²) in [5.41, 5.74) is 0. The Kier molecular flexibility index (Phi) is 4.21. The van der Waals surface area contributed by atoms with Crippen LogP contribution in [0, 0.1) is 0 Å². The molecule has 2 nitrogen and oxygen atoms in total. The third-order valence-electron chi connectivity index (χ3n) is 1.67. The van der Waals surface area contributed by atoms with Crippen molar-refractivity contribution in [1.82, 2.24) is 5.32 Å². The zero-order valence-corrected chi connectivity index (χ0v) is 6.83. The SMILES string of the molecule is Cl.OCCC1CC(F)(F)CN1. The van der Waals surface area contributed by atoms with Gasteiger partial charge in [0.2, 0.25) is 0 Å². The minimum absolute atomic E-state index is 0. The van der Waals surface area contributed by atoms with E-state index in [1.54, 1.807) is 0 Å². The molecule has 0 bridgehead atoms. The molecule has 0 saturated carbocycles. The van der Waals surface area contributed by atoms with Crippen LogP contribution in [0.5, 0.6) is 0 Å². The second-order valence-electron chi connectivity index (χ2n) is 2.65. The highest BCUT2D eigenvalue weighted by molar-refractivity contribution is 5.85. The molecule has 0 amide bonds. The zero-order valence-electron chi connectivity index (χ0n) is 6.02. The lowest BCUT2D eigenvalue weighted by Crippen LogP contribution is -2.23. The number of nitrogens with one attached hydrogen (secondary N) is 1. The molecule has 1 atom stereocenters. The maximum atomic E-state index is 12.4. The summed E-state index contributed by atoms with van der Waals surface area (Å²) < 4.78 is 24.7. The van der Waals surface area contributed by atoms with Crippen LogP contribution in [-0.2, 0) is 0 Å². The number of halogens is 3. The minimum Gasteiger partial charge on any atom is -0.396 e. The molecule has 2 N–H and O–H groups in total. The van der Waals surface area contributed by atoms with Crippen LogP contribution in [0.2, 0.25) is 0 Å². The van der Waals surface area contributed by atoms with E-state index in [-0.39, 0.29) is 38.0 Å². The van der Waals surface area contributed by atoms with Crippen LogP contribution in [0.15, 0.2) is 0 Å². The molecule has 0 radical (unpaired) electrons. The van der Waals surface area contributed by atoms with Crippen molar-refractivity contribution in [3.05, 3.63) is 0 Å². The van der Waals surface area contributed by atoms with Gasteiger partial charge in [-0.3, -0.25) is 0 Å². The topological polar surface area (TPSA) is 32.3 Å². The molecule has 1 saturated heterocycles. The van der Waals surface area contributed by atoms with Gasteiger partial charge in [0.15, 0.2) is 0 Å². The fraction of sp³-hybridized carbons (Fsp3) is 1.00. The van der Waals surface area contributed by atoms with Crippen molar-refractivity contribution >= 4 is 12.4 Å². The van der Waals surface area contributed by atoms with Crippen molar-refractivity contribution in [1.29, 1.82) is 0 Å². The molecule has 1 rings (SSSR count). The van der Waals surface area contributed by atoms with Crippen molar-refractivity contribution in [2.75, 3.05) is 13.2 Å². The molecule has 0 aliphatic carbocycles. The van der Waals surface area contributed by atoms with Gasteiger partial charge in [0.25, 0.3) is 5.92 Å². The lowest BCUT2D eigenvalue weighted by atomic mass is 10.1. The van der Waals surface area contributed by atoms with E-state index in [2.05, 4.69) is 5.32 Å². The van der Waals surface area contributed by atoms with Crippen LogP contribution in [-0.4, -0.2) is 30.2 Å². The number of hydrogen-bond acceptors (Lipinski definition) is 2. The van der Waals surface area contributed by atoms with Gasteiger partial charge in [0.05, 0.1) is 6.54 Å². The summed E-state index contributed by atoms with van der Waals surface area (Å²) in [5.74, 6) is -2.56. The molecule has 0 spiro atoms. The zero-order chi connectivity index (χ0) is 7.61. The fourth-order valence-electron chi connectivity index (χ4n) is 1.16. The molecule has 68 valence electrons. The molecule has 1 aliphatic heterocycles. The van der Waals surface area contributed by atoms with Gasteiger partial charge in [-0.25, -0.2) is 8.78 Å². The molecule has 0 aromatic heterocycles. The summed E-state index contributed by atoms with van der Waals surface area (Å²) in [6, 6.07) is -0.194. The molecule has 1 aliphatic rings. The quantitative estimate of drug-likeness (QED) is 0.670. The number of aliphatic hydroxyl groups is 1. The maximum Gasteiger partial charge on any atom is 0.261 e. The van der Waals surface area contributed by atoms with Crippen LogP contribution in [0.1, 0.15) is 12.8 Å². The first-order valence-corrected chi connectivity index (χ1v) is 3.36. The van der Waals surface area contributed by atoms with Gasteiger partial charge in [-0.15, -0.1) is 12.4 Å². The first-order valence-electron chi connectivity index (χ1n) is 3.36. The molecule has 1 heterocycles. The Hall–Kier alpha value is 0.0700. The van der Waals surface area contributed by atoms with Crippen LogP contribution in [0.25, 0.3) is 0 Å². The summed E-state index contributed by atoms with van der Waals surface area (Å²) in [7, 11) is 0. The normalized spacial score (nSPS) is 28.1. The average Bonchev–Trinajstić information content (AvgIpc) is 2.12. The number of aliphatic hydroxyl groups excluding tert-OH is 1. The van der Waals surface area contributed by atoms with Gasteiger partial charge in [0, 0.05) is 19.1 Å². The summed E-state index contributed by atoms with van der Waals surface area (Å²) in [5, 5.41) is 11.0. The van der Waals surface area contributed by atoms with E-state index in [1.807, 2.05) is 0 Å². The smallest absolute Gasteiger partial charge is 0.261 e. The van der Waals surface area contributed by atoms with Crippen LogP contribution in [0.3, 0.4) is 0 Å². The van der Waals surface area contributed by atoms with E-state index < -0.39 is 5.92 Å². The Morgan fingerprint density at radius 2 is 2.18 bits per heavy atom. The fourth-order valence-corrected chi connectivity index (χ4v) is 1.16. The largest absolute Gasteiger partial charge is 0.396 e. The molecule has 1 fully saturated rings. The predicted octanol–water partition coefficient (Wildman–Crippen LogP) is 0.788. The van der Waals surface area contributed by atoms with E-state index in [1.165, 1.54) is 0 Å². The Labute approximate surface area is 70.4 Å². The highest BCUT2D eigenvalue weighted by Crippen LogP contribution is 2.25. The highest BCUT2D eigenvalue weighted by atomic mass is 35.5. The van der Waals surface area contributed by atoms with Crippen molar-refractivity contribution < 1.29 is 13.9 Å². The molecular weight excluding hydrogens is 176 g/mol. The van der Waals surface area contributed by atoms with Crippen molar-refractivity contribution in [3.8, 4) is 0 Å². The molecule has 5 heteroatoms. The molecule has 0 aromatic carbocycles. The van der Waals surface area contributed by atoms with Crippen molar-refractivity contribution in [3.63, 3.8) is 0 Å². The van der Waals surface area contributed by atoms with Gasteiger partial charge >= 0.3 is 0 Å². The molecule has 11 heavy (non-hydrogen) atoms. The van der Waals surface area contributed by atoms with Crippen molar-refractivity contribution in [2.45, 2.75) is 24.8 Å². The second kappa shape index (κ2) is 4.18. The summed E-state index contributed by atoms with van der Waals surface area (Å²) in [6.45, 7) is -0.259. The number of hydrogen-bond donors (Lipinski definition) is 2. The highest BCUT2D eigenvalue weighted by Gasteiger charge is 2.38. The summed E-state index contributed by atoms with van der Waals surface area (Å²) >= 11 is 0. The standard InChI is InChI=1S/C6H11F2NO.ClH/c7-6(8)3-5(1-2-10)9-4-6;/h5,9-10H,1-4H2;1H. The van der Waals surface area contributed by atoms with E-state index in [9.17, 15) is 8.78 Å². The third-order valence-corrected chi connectivity index (χ3v) is 1.67. The summed E-state index contributed by atoms with van der Waals surface area (Å²) in [6.07, 6.45) is 0.295. The second-order valence-corrected chi connectivity index (χ2v) is 2.65. The van der Waals surface area contributed by atoms with Crippen molar-refractivity contribution in [2.24, 2.45) is 0 Å². The van der Waals surface area contributed by atoms with Crippen LogP contribution in [0.4, 0.5) is 8.78 Å². The Morgan fingerprint density at radius 1 is 1.55 bits per heavy atom. The van der Waals surface area contributed by atoms with Crippen LogP contribution >= 0.6 is 12.4 Å². The Balaban J connectivity index is 0.000001000. The van der Waals surface area contributed by atoms with Gasteiger partial charge in [-0.05, 0) is 6.42 Å². The van der Waals surface area contributed by atoms with Gasteiger partial charge < -0.3 is 10.4 Å². The Bertz CT molecular complexity index is 123. The van der Waals surface area contributed by atoms with Crippen LogP contribution < -0.4 is 5.32 Å². The lowest BCUT2D eigenvalue weighted by molar-refractivity contribution is 0.0204. The van der Waals surface area contributed by atoms with E-state index in [4.69, 9.17) is 5.11 Å².